The lowest BCUT2D eigenvalue weighted by atomic mass is 10.0. The maximum Gasteiger partial charge on any atom is 0.253 e. The Hall–Kier alpha value is -2.70. The summed E-state index contributed by atoms with van der Waals surface area (Å²) < 4.78 is 2.24. The van der Waals surface area contributed by atoms with Crippen LogP contribution in [0.2, 0.25) is 0 Å². The number of aryl methyl sites for hydroxylation is 1. The van der Waals surface area contributed by atoms with E-state index in [0.29, 0.717) is 18.5 Å². The highest BCUT2D eigenvalue weighted by atomic mass is 16.3. The van der Waals surface area contributed by atoms with Crippen LogP contribution in [0.25, 0.3) is 10.9 Å². The van der Waals surface area contributed by atoms with Crippen LogP contribution in [0.4, 0.5) is 0 Å². The van der Waals surface area contributed by atoms with Crippen LogP contribution in [0, 0.1) is 6.92 Å². The van der Waals surface area contributed by atoms with Crippen LogP contribution in [0.3, 0.4) is 0 Å². The molecule has 1 aromatic carbocycles. The molecule has 0 saturated carbocycles. The first-order valence-electron chi connectivity index (χ1n) is 11.1. The van der Waals surface area contributed by atoms with Crippen molar-refractivity contribution < 1.29 is 9.90 Å². The number of hydrogen-bond acceptors (Lipinski definition) is 4. The normalized spacial score (nSPS) is 16.1. The molecule has 1 atom stereocenters. The minimum absolute atomic E-state index is 0.276. The smallest absolute Gasteiger partial charge is 0.253 e. The van der Waals surface area contributed by atoms with Crippen LogP contribution in [0.15, 0.2) is 42.7 Å². The molecule has 1 aliphatic heterocycles. The van der Waals surface area contributed by atoms with Crippen molar-refractivity contribution in [2.24, 2.45) is 0 Å². The maximum atomic E-state index is 12.9. The van der Waals surface area contributed by atoms with Crippen LogP contribution < -0.4 is 5.32 Å². The lowest BCUT2D eigenvalue weighted by molar-refractivity contribution is -0.0152. The molecular formula is C25H32N4O2. The van der Waals surface area contributed by atoms with Gasteiger partial charge < -0.3 is 19.9 Å². The summed E-state index contributed by atoms with van der Waals surface area (Å²) >= 11 is 0. The summed E-state index contributed by atoms with van der Waals surface area (Å²) in [5.41, 5.74) is 4.13. The monoisotopic (exact) mass is 420 g/mol. The van der Waals surface area contributed by atoms with Crippen LogP contribution in [0.1, 0.15) is 53.4 Å². The van der Waals surface area contributed by atoms with Gasteiger partial charge in [0.2, 0.25) is 0 Å². The van der Waals surface area contributed by atoms with E-state index in [2.05, 4.69) is 58.9 Å². The number of rotatable bonds is 7. The van der Waals surface area contributed by atoms with E-state index in [0.717, 1.165) is 37.9 Å². The van der Waals surface area contributed by atoms with Gasteiger partial charge in [0, 0.05) is 54.1 Å². The molecule has 3 heterocycles. The summed E-state index contributed by atoms with van der Waals surface area (Å²) in [6.45, 7) is 6.43. The third-order valence-electron chi connectivity index (χ3n) is 6.25. The van der Waals surface area contributed by atoms with Gasteiger partial charge >= 0.3 is 0 Å². The molecule has 31 heavy (non-hydrogen) atoms. The van der Waals surface area contributed by atoms with Crippen LogP contribution in [0.5, 0.6) is 0 Å². The fraction of sp³-hybridized carbons (Fsp3) is 0.440. The fourth-order valence-corrected chi connectivity index (χ4v) is 4.58. The van der Waals surface area contributed by atoms with Crippen molar-refractivity contribution in [2.75, 3.05) is 13.6 Å². The van der Waals surface area contributed by atoms with Gasteiger partial charge in [-0.25, -0.2) is 0 Å². The molecule has 164 valence electrons. The highest BCUT2D eigenvalue weighted by Crippen LogP contribution is 2.33. The standard InChI is InChI=1S/C25H32N4O2/c1-4-5-11-25(31,27-24(30)19-8-12-26-13-9-19)17-29-22-7-6-18(2)15-20(22)21-16-28(3)14-10-23(21)29/h6-9,12-13,15,31H,4-5,10-11,14,16-17H2,1-3H3,(H,27,30). The van der Waals surface area contributed by atoms with Gasteiger partial charge in [0.15, 0.2) is 5.72 Å². The van der Waals surface area contributed by atoms with Crippen molar-refractivity contribution in [3.63, 3.8) is 0 Å². The van der Waals surface area contributed by atoms with Gasteiger partial charge in [0.25, 0.3) is 5.91 Å². The summed E-state index contributed by atoms with van der Waals surface area (Å²) in [5.74, 6) is -0.276. The Bertz CT molecular complexity index is 1080. The Kier molecular flexibility index (Phi) is 6.12. The van der Waals surface area contributed by atoms with Gasteiger partial charge in [-0.15, -0.1) is 0 Å². The first kappa shape index (κ1) is 21.5. The predicted octanol–water partition coefficient (Wildman–Crippen LogP) is 3.64. The number of likely N-dealkylation sites (N-methyl/N-ethyl adjacent to an activating group) is 1. The Morgan fingerprint density at radius 2 is 2.03 bits per heavy atom. The Balaban J connectivity index is 1.72. The van der Waals surface area contributed by atoms with Gasteiger partial charge in [-0.1, -0.05) is 25.0 Å². The van der Waals surface area contributed by atoms with Crippen molar-refractivity contribution in [1.82, 2.24) is 19.8 Å². The van der Waals surface area contributed by atoms with Crippen LogP contribution in [-0.4, -0.2) is 44.8 Å². The van der Waals surface area contributed by atoms with E-state index in [9.17, 15) is 9.90 Å². The van der Waals surface area contributed by atoms with E-state index in [4.69, 9.17) is 0 Å². The molecule has 1 unspecified atom stereocenters. The van der Waals surface area contributed by atoms with E-state index in [1.807, 2.05) is 0 Å². The van der Waals surface area contributed by atoms with Crippen molar-refractivity contribution >= 4 is 16.8 Å². The van der Waals surface area contributed by atoms with E-state index in [-0.39, 0.29) is 5.91 Å². The van der Waals surface area contributed by atoms with Gasteiger partial charge in [0.1, 0.15) is 0 Å². The van der Waals surface area contributed by atoms with E-state index >= 15 is 0 Å². The maximum absolute atomic E-state index is 12.9. The molecule has 6 nitrogen and oxygen atoms in total. The fourth-order valence-electron chi connectivity index (χ4n) is 4.58. The lowest BCUT2D eigenvalue weighted by Gasteiger charge is -2.32. The molecule has 1 amide bonds. The van der Waals surface area contributed by atoms with Gasteiger partial charge in [-0.3, -0.25) is 9.78 Å². The van der Waals surface area contributed by atoms with Crippen molar-refractivity contribution in [3.05, 3.63) is 65.1 Å². The topological polar surface area (TPSA) is 70.4 Å². The number of unbranched alkanes of at least 4 members (excludes halogenated alkanes) is 1. The number of fused-ring (bicyclic) bond motifs is 3. The third-order valence-corrected chi connectivity index (χ3v) is 6.25. The molecule has 1 aliphatic rings. The minimum Gasteiger partial charge on any atom is -0.369 e. The van der Waals surface area contributed by atoms with E-state index in [1.54, 1.807) is 24.5 Å². The molecule has 0 aliphatic carbocycles. The Morgan fingerprint density at radius 1 is 1.26 bits per heavy atom. The first-order valence-corrected chi connectivity index (χ1v) is 11.1. The van der Waals surface area contributed by atoms with Crippen molar-refractivity contribution in [2.45, 2.75) is 58.3 Å². The summed E-state index contributed by atoms with van der Waals surface area (Å²) in [6.07, 6.45) is 6.39. The number of amides is 1. The number of aliphatic hydroxyl groups is 1. The number of carbonyl (C=O) groups excluding carboxylic acids is 1. The number of benzene rings is 1. The number of nitrogens with one attached hydrogen (secondary N) is 1. The van der Waals surface area contributed by atoms with E-state index < -0.39 is 5.72 Å². The average Bonchev–Trinajstić information content (AvgIpc) is 3.04. The summed E-state index contributed by atoms with van der Waals surface area (Å²) in [5, 5.41) is 15.8. The highest BCUT2D eigenvalue weighted by molar-refractivity contribution is 5.94. The molecule has 0 fully saturated rings. The average molecular weight is 421 g/mol. The Labute approximate surface area is 183 Å². The number of hydrogen-bond donors (Lipinski definition) is 2. The zero-order valence-corrected chi connectivity index (χ0v) is 18.7. The molecule has 0 radical (unpaired) electrons. The largest absolute Gasteiger partial charge is 0.369 e. The van der Waals surface area contributed by atoms with Gasteiger partial charge in [-0.05, 0) is 56.6 Å². The second kappa shape index (κ2) is 8.81. The van der Waals surface area contributed by atoms with Gasteiger partial charge in [-0.2, -0.15) is 0 Å². The van der Waals surface area contributed by atoms with Crippen LogP contribution in [-0.2, 0) is 19.5 Å². The molecule has 0 saturated heterocycles. The van der Waals surface area contributed by atoms with Crippen molar-refractivity contribution in [3.8, 4) is 0 Å². The summed E-state index contributed by atoms with van der Waals surface area (Å²) in [7, 11) is 2.15. The van der Waals surface area contributed by atoms with Gasteiger partial charge in [0.05, 0.1) is 6.54 Å². The molecule has 6 heteroatoms. The summed E-state index contributed by atoms with van der Waals surface area (Å²) in [6, 6.07) is 9.84. The molecule has 4 rings (SSSR count). The number of carbonyl (C=O) groups is 1. The minimum atomic E-state index is -1.33. The highest BCUT2D eigenvalue weighted by Gasteiger charge is 2.32. The molecule has 2 aromatic heterocycles. The zero-order chi connectivity index (χ0) is 22.0. The predicted molar refractivity (Wildman–Crippen MR) is 123 cm³/mol. The third kappa shape index (κ3) is 4.50. The number of aromatic nitrogens is 2. The zero-order valence-electron chi connectivity index (χ0n) is 18.7. The molecular weight excluding hydrogens is 388 g/mol. The number of nitrogens with zero attached hydrogens (tertiary/aromatic N) is 3. The van der Waals surface area contributed by atoms with E-state index in [1.165, 1.54) is 22.2 Å². The molecule has 0 bridgehead atoms. The SMILES string of the molecule is CCCCC(O)(Cn1c2c(c3cc(C)ccc31)CN(C)CC2)NC(=O)c1ccncc1. The van der Waals surface area contributed by atoms with Crippen molar-refractivity contribution in [1.29, 1.82) is 0 Å². The first-order chi connectivity index (χ1) is 14.9. The van der Waals surface area contributed by atoms with Crippen LogP contribution >= 0.6 is 0 Å². The second-order valence-corrected chi connectivity index (χ2v) is 8.84. The lowest BCUT2D eigenvalue weighted by Crippen LogP contribution is -2.51. The molecule has 2 N–H and O–H groups in total. The summed E-state index contributed by atoms with van der Waals surface area (Å²) in [4.78, 5) is 19.2. The second-order valence-electron chi connectivity index (χ2n) is 8.84. The number of pyridine rings is 1. The Morgan fingerprint density at radius 3 is 2.77 bits per heavy atom. The molecule has 3 aromatic rings. The molecule has 0 spiro atoms. The quantitative estimate of drug-likeness (QED) is 0.573.